The van der Waals surface area contributed by atoms with Gasteiger partial charge in [0.25, 0.3) is 0 Å². The Morgan fingerprint density at radius 2 is 0.518 bits per heavy atom. The second-order valence-electron chi connectivity index (χ2n) is 14.8. The van der Waals surface area contributed by atoms with Crippen LogP contribution in [-0.2, 0) is 25.7 Å². The molecule has 0 aromatic heterocycles. The molecule has 0 heterocycles. The molecule has 0 atom stereocenters. The van der Waals surface area contributed by atoms with Gasteiger partial charge in [-0.2, -0.15) is 0 Å². The maximum Gasteiger partial charge on any atom is 0.159 e. The third-order valence-corrected chi connectivity index (χ3v) is 9.92. The molecular formula is C48H56O8. The number of ether oxygens (including phenoxy) is 4. The molecule has 0 amide bonds. The van der Waals surface area contributed by atoms with Gasteiger partial charge in [0, 0.05) is 47.9 Å². The Hall–Kier alpha value is -5.24. The SMILES string of the molecule is CCCOc1c2cc(C(C)=O)cc1Cc1cc(C(C)=O)cc(c1OCCC)Cc1cc(C(C)=O)cc(c1OCCC)Cc1cc(C(C)=O)cc(c1OCCC)C2. The van der Waals surface area contributed by atoms with Crippen LogP contribution in [0.4, 0.5) is 0 Å². The van der Waals surface area contributed by atoms with Crippen LogP contribution in [0.2, 0.25) is 0 Å². The van der Waals surface area contributed by atoms with Crippen LogP contribution in [0, 0.1) is 0 Å². The monoisotopic (exact) mass is 760 g/mol. The number of carbonyl (C=O) groups excluding carboxylic acids is 4. The zero-order valence-corrected chi connectivity index (χ0v) is 34.4. The lowest BCUT2D eigenvalue weighted by atomic mass is 9.87. The van der Waals surface area contributed by atoms with Gasteiger partial charge in [0.2, 0.25) is 0 Å². The average molecular weight is 761 g/mol. The van der Waals surface area contributed by atoms with E-state index in [9.17, 15) is 19.2 Å². The summed E-state index contributed by atoms with van der Waals surface area (Å²) in [6.07, 6.45) is 4.32. The Morgan fingerprint density at radius 1 is 0.357 bits per heavy atom. The standard InChI is InChI=1S/C48H56O8/c1-9-13-53-45-37-17-33(29(5)49)18-38(45)26-40-20-35(31(7)51)22-42(47(40)55-15-11-3)28-44-24-36(32(8)52)23-43(48(44)56-16-12-4)27-41-21-34(30(6)50)19-39(25-37)46(41)54-14-10-2/h17-24H,9-16,25-28H2,1-8H3. The van der Waals surface area contributed by atoms with Crippen molar-refractivity contribution in [2.45, 2.75) is 107 Å². The second kappa shape index (κ2) is 19.1. The van der Waals surface area contributed by atoms with Crippen molar-refractivity contribution in [3.8, 4) is 23.0 Å². The van der Waals surface area contributed by atoms with Crippen LogP contribution in [0.5, 0.6) is 23.0 Å². The molecule has 4 aromatic rings. The summed E-state index contributed by atoms with van der Waals surface area (Å²) in [7, 11) is 0. The van der Waals surface area contributed by atoms with E-state index in [1.54, 1.807) is 27.7 Å². The van der Waals surface area contributed by atoms with Crippen molar-refractivity contribution in [3.63, 3.8) is 0 Å². The van der Waals surface area contributed by atoms with Crippen molar-refractivity contribution in [3.05, 3.63) is 115 Å². The molecule has 8 bridgehead atoms. The van der Waals surface area contributed by atoms with Crippen molar-refractivity contribution in [2.24, 2.45) is 0 Å². The molecule has 0 radical (unpaired) electrons. The number of ketones is 4. The lowest BCUT2D eigenvalue weighted by Crippen LogP contribution is -2.13. The third-order valence-electron chi connectivity index (χ3n) is 9.92. The summed E-state index contributed by atoms with van der Waals surface area (Å²) in [4.78, 5) is 52.8. The summed E-state index contributed by atoms with van der Waals surface area (Å²) in [6, 6.07) is 15.1. The first kappa shape index (κ1) is 41.9. The molecule has 5 rings (SSSR count). The lowest BCUT2D eigenvalue weighted by molar-refractivity contribution is 0.100. The number of hydrogen-bond acceptors (Lipinski definition) is 8. The largest absolute Gasteiger partial charge is 0.493 e. The van der Waals surface area contributed by atoms with Crippen LogP contribution < -0.4 is 18.9 Å². The number of rotatable bonds is 16. The van der Waals surface area contributed by atoms with Gasteiger partial charge in [-0.15, -0.1) is 0 Å². The van der Waals surface area contributed by atoms with Gasteiger partial charge in [0.05, 0.1) is 26.4 Å². The molecular weight excluding hydrogens is 705 g/mol. The van der Waals surface area contributed by atoms with Gasteiger partial charge in [-0.3, -0.25) is 19.2 Å². The highest BCUT2D eigenvalue weighted by Crippen LogP contribution is 2.41. The lowest BCUT2D eigenvalue weighted by Gasteiger charge is -2.24. The predicted molar refractivity (Wildman–Crippen MR) is 220 cm³/mol. The Bertz CT molecular complexity index is 1730. The number of fused-ring (bicyclic) bond motifs is 8. The molecule has 0 saturated heterocycles. The number of Topliss-reactive ketones (excluding diaryl/α,β-unsaturated/α-hetero) is 4. The highest BCUT2D eigenvalue weighted by Gasteiger charge is 2.26. The number of carbonyl (C=O) groups is 4. The number of hydrogen-bond donors (Lipinski definition) is 0. The maximum atomic E-state index is 13.2. The predicted octanol–water partition coefficient (Wildman–Crippen LogP) is 10.3. The summed E-state index contributed by atoms with van der Waals surface area (Å²) < 4.78 is 26.3. The fraction of sp³-hybridized carbons (Fsp3) is 0.417. The first-order chi connectivity index (χ1) is 26.9. The Morgan fingerprint density at radius 3 is 0.643 bits per heavy atom. The summed E-state index contributed by atoms with van der Waals surface area (Å²) in [5, 5.41) is 0. The van der Waals surface area contributed by atoms with Crippen LogP contribution in [0.25, 0.3) is 0 Å². The van der Waals surface area contributed by atoms with Gasteiger partial charge in [-0.05, 0) is 146 Å². The summed E-state index contributed by atoms with van der Waals surface area (Å²) >= 11 is 0. The van der Waals surface area contributed by atoms with E-state index in [0.29, 0.717) is 97.4 Å². The van der Waals surface area contributed by atoms with Gasteiger partial charge < -0.3 is 18.9 Å². The fourth-order valence-corrected chi connectivity index (χ4v) is 7.26. The van der Waals surface area contributed by atoms with E-state index in [2.05, 4.69) is 0 Å². The summed E-state index contributed by atoms with van der Waals surface area (Å²) in [5.74, 6) is 2.25. The van der Waals surface area contributed by atoms with Gasteiger partial charge in [-0.1, -0.05) is 27.7 Å². The minimum absolute atomic E-state index is 0.0930. The van der Waals surface area contributed by atoms with Gasteiger partial charge >= 0.3 is 0 Å². The molecule has 0 saturated carbocycles. The minimum Gasteiger partial charge on any atom is -0.493 e. The van der Waals surface area contributed by atoms with E-state index in [-0.39, 0.29) is 23.1 Å². The topological polar surface area (TPSA) is 105 Å². The first-order valence-corrected chi connectivity index (χ1v) is 20.1. The molecule has 296 valence electrons. The number of benzene rings is 4. The van der Waals surface area contributed by atoms with E-state index < -0.39 is 0 Å². The normalized spacial score (nSPS) is 12.1. The van der Waals surface area contributed by atoms with Crippen molar-refractivity contribution in [1.29, 1.82) is 0 Å². The highest BCUT2D eigenvalue weighted by atomic mass is 16.5. The molecule has 0 fully saturated rings. The fourth-order valence-electron chi connectivity index (χ4n) is 7.26. The Kier molecular flexibility index (Phi) is 14.3. The average Bonchev–Trinajstić information content (AvgIpc) is 3.15. The van der Waals surface area contributed by atoms with Gasteiger partial charge in [-0.25, -0.2) is 0 Å². The smallest absolute Gasteiger partial charge is 0.159 e. The molecule has 8 heteroatoms. The van der Waals surface area contributed by atoms with E-state index in [1.165, 1.54) is 0 Å². The van der Waals surface area contributed by atoms with Gasteiger partial charge in [0.15, 0.2) is 23.1 Å². The Labute approximate surface area is 331 Å². The van der Waals surface area contributed by atoms with Crippen molar-refractivity contribution in [1.82, 2.24) is 0 Å². The molecule has 4 aromatic carbocycles. The van der Waals surface area contributed by atoms with Crippen LogP contribution in [0.3, 0.4) is 0 Å². The molecule has 0 unspecified atom stereocenters. The highest BCUT2D eigenvalue weighted by molar-refractivity contribution is 5.97. The van der Waals surface area contributed by atoms with Crippen molar-refractivity contribution in [2.75, 3.05) is 26.4 Å². The molecule has 1 aliphatic carbocycles. The van der Waals surface area contributed by atoms with Crippen molar-refractivity contribution < 1.29 is 38.1 Å². The zero-order chi connectivity index (χ0) is 40.5. The molecule has 0 N–H and O–H groups in total. The zero-order valence-electron chi connectivity index (χ0n) is 34.4. The summed E-state index contributed by atoms with van der Waals surface area (Å²) in [5.41, 5.74) is 8.40. The molecule has 56 heavy (non-hydrogen) atoms. The molecule has 0 aliphatic heterocycles. The van der Waals surface area contributed by atoms with Crippen LogP contribution in [0.1, 0.15) is 167 Å². The Balaban J connectivity index is 1.97. The molecule has 0 spiro atoms. The molecule has 8 nitrogen and oxygen atoms in total. The second-order valence-corrected chi connectivity index (χ2v) is 14.8. The first-order valence-electron chi connectivity index (χ1n) is 20.1. The van der Waals surface area contributed by atoms with E-state index in [1.807, 2.05) is 76.2 Å². The maximum absolute atomic E-state index is 13.2. The van der Waals surface area contributed by atoms with E-state index in [0.717, 1.165) is 70.2 Å². The molecule has 1 aliphatic rings. The van der Waals surface area contributed by atoms with Crippen molar-refractivity contribution >= 4 is 23.1 Å². The van der Waals surface area contributed by atoms with E-state index >= 15 is 0 Å². The van der Waals surface area contributed by atoms with Crippen LogP contribution >= 0.6 is 0 Å². The third kappa shape index (κ3) is 9.76. The minimum atomic E-state index is -0.0930. The van der Waals surface area contributed by atoms with E-state index in [4.69, 9.17) is 18.9 Å². The van der Waals surface area contributed by atoms with Crippen LogP contribution in [-0.4, -0.2) is 49.6 Å². The van der Waals surface area contributed by atoms with Gasteiger partial charge in [0.1, 0.15) is 23.0 Å². The summed E-state index contributed by atoms with van der Waals surface area (Å²) in [6.45, 7) is 16.2. The van der Waals surface area contributed by atoms with Crippen LogP contribution in [0.15, 0.2) is 48.5 Å². The quantitative estimate of drug-likeness (QED) is 0.0916.